The van der Waals surface area contributed by atoms with Crippen LogP contribution < -0.4 is 0 Å². The Labute approximate surface area is 85.5 Å². The molecule has 0 amide bonds. The first-order valence-electron chi connectivity index (χ1n) is 4.72. The summed E-state index contributed by atoms with van der Waals surface area (Å²) in [7, 11) is 0. The number of hydrogen-bond donors (Lipinski definition) is 1. The fourth-order valence-electron chi connectivity index (χ4n) is 1.78. The zero-order chi connectivity index (χ0) is 11.1. The maximum absolute atomic E-state index is 13.0. The Balaban J connectivity index is 2.21. The minimum absolute atomic E-state index is 0.0711. The van der Waals surface area contributed by atoms with Gasteiger partial charge in [0.1, 0.15) is 0 Å². The lowest BCUT2D eigenvalue weighted by molar-refractivity contribution is -0.0962. The molecule has 1 fully saturated rings. The molecule has 4 heteroatoms. The average molecular weight is 212 g/mol. The fraction of sp³-hybridized carbons (Fsp3) is 0.364. The van der Waals surface area contributed by atoms with Crippen LogP contribution in [0, 0.1) is 0 Å². The van der Waals surface area contributed by atoms with Crippen LogP contribution in [0.15, 0.2) is 24.3 Å². The zero-order valence-electron chi connectivity index (χ0n) is 7.91. The van der Waals surface area contributed by atoms with Crippen LogP contribution in [0.2, 0.25) is 0 Å². The smallest absolute Gasteiger partial charge is 0.335 e. The van der Waals surface area contributed by atoms with Gasteiger partial charge in [0.2, 0.25) is 0 Å². The summed E-state index contributed by atoms with van der Waals surface area (Å²) in [6.07, 6.45) is 0.401. The standard InChI is InChI=1S/C11H10F2O2/c12-11(13)6-5-9(11)7-1-3-8(4-2-7)10(14)15/h1-4,9H,5-6H2,(H,14,15). The molecule has 0 aliphatic heterocycles. The molecule has 0 radical (unpaired) electrons. The van der Waals surface area contributed by atoms with E-state index in [-0.39, 0.29) is 12.0 Å². The molecule has 2 rings (SSSR count). The molecule has 1 unspecified atom stereocenters. The van der Waals surface area contributed by atoms with E-state index in [2.05, 4.69) is 0 Å². The van der Waals surface area contributed by atoms with Crippen LogP contribution in [0.5, 0.6) is 0 Å². The third-order valence-corrected chi connectivity index (χ3v) is 2.84. The van der Waals surface area contributed by atoms with Crippen molar-refractivity contribution in [3.8, 4) is 0 Å². The van der Waals surface area contributed by atoms with Gasteiger partial charge >= 0.3 is 5.97 Å². The molecule has 1 aliphatic carbocycles. The van der Waals surface area contributed by atoms with Crippen molar-refractivity contribution in [1.82, 2.24) is 0 Å². The van der Waals surface area contributed by atoms with Gasteiger partial charge in [-0.15, -0.1) is 0 Å². The highest BCUT2D eigenvalue weighted by atomic mass is 19.3. The van der Waals surface area contributed by atoms with Gasteiger partial charge in [-0.3, -0.25) is 0 Å². The molecule has 80 valence electrons. The van der Waals surface area contributed by atoms with Crippen LogP contribution in [0.1, 0.15) is 34.7 Å². The molecule has 0 saturated heterocycles. The zero-order valence-corrected chi connectivity index (χ0v) is 7.91. The van der Waals surface area contributed by atoms with Crippen molar-refractivity contribution in [2.45, 2.75) is 24.7 Å². The molecule has 0 aromatic heterocycles. The van der Waals surface area contributed by atoms with E-state index in [0.717, 1.165) is 0 Å². The van der Waals surface area contributed by atoms with Gasteiger partial charge in [-0.05, 0) is 24.1 Å². The lowest BCUT2D eigenvalue weighted by Crippen LogP contribution is -2.36. The number of benzene rings is 1. The van der Waals surface area contributed by atoms with Gasteiger partial charge < -0.3 is 5.11 Å². The third-order valence-electron chi connectivity index (χ3n) is 2.84. The van der Waals surface area contributed by atoms with Crippen LogP contribution in [-0.2, 0) is 0 Å². The Morgan fingerprint density at radius 3 is 2.27 bits per heavy atom. The van der Waals surface area contributed by atoms with E-state index < -0.39 is 17.8 Å². The lowest BCUT2D eigenvalue weighted by Gasteiger charge is -2.36. The second kappa shape index (κ2) is 3.29. The number of carboxylic acids is 1. The summed E-state index contributed by atoms with van der Waals surface area (Å²) in [5.74, 6) is -4.40. The van der Waals surface area contributed by atoms with Crippen molar-refractivity contribution < 1.29 is 18.7 Å². The van der Waals surface area contributed by atoms with Gasteiger partial charge in [-0.25, -0.2) is 13.6 Å². The molecule has 2 nitrogen and oxygen atoms in total. The van der Waals surface area contributed by atoms with Gasteiger partial charge in [0, 0.05) is 12.3 Å². The predicted molar refractivity (Wildman–Crippen MR) is 50.3 cm³/mol. The van der Waals surface area contributed by atoms with Crippen LogP contribution in [0.25, 0.3) is 0 Å². The van der Waals surface area contributed by atoms with Crippen molar-refractivity contribution >= 4 is 5.97 Å². The van der Waals surface area contributed by atoms with E-state index in [4.69, 9.17) is 5.11 Å². The summed E-state index contributed by atoms with van der Waals surface area (Å²) in [4.78, 5) is 10.5. The van der Waals surface area contributed by atoms with Crippen LogP contribution in [0.3, 0.4) is 0 Å². The van der Waals surface area contributed by atoms with Crippen molar-refractivity contribution in [3.63, 3.8) is 0 Å². The van der Waals surface area contributed by atoms with Crippen molar-refractivity contribution in [3.05, 3.63) is 35.4 Å². The van der Waals surface area contributed by atoms with Crippen molar-refractivity contribution in [2.75, 3.05) is 0 Å². The maximum atomic E-state index is 13.0. The molecule has 0 spiro atoms. The Hall–Kier alpha value is -1.45. The normalized spacial score (nSPS) is 23.2. The number of carboxylic acid groups (broad SMARTS) is 1. The number of carbonyl (C=O) groups is 1. The van der Waals surface area contributed by atoms with E-state index in [1.165, 1.54) is 24.3 Å². The Morgan fingerprint density at radius 2 is 1.93 bits per heavy atom. The second-order valence-corrected chi connectivity index (χ2v) is 3.78. The minimum atomic E-state index is -2.62. The largest absolute Gasteiger partial charge is 0.478 e. The maximum Gasteiger partial charge on any atom is 0.335 e. The number of aromatic carboxylic acids is 1. The first kappa shape index (κ1) is 10.1. The van der Waals surface area contributed by atoms with Crippen LogP contribution in [0.4, 0.5) is 8.78 Å². The average Bonchev–Trinajstić information content (AvgIpc) is 2.17. The summed E-state index contributed by atoms with van der Waals surface area (Å²) in [5.41, 5.74) is 0.651. The summed E-state index contributed by atoms with van der Waals surface area (Å²) >= 11 is 0. The van der Waals surface area contributed by atoms with Crippen LogP contribution in [-0.4, -0.2) is 17.0 Å². The monoisotopic (exact) mass is 212 g/mol. The van der Waals surface area contributed by atoms with Crippen molar-refractivity contribution in [2.24, 2.45) is 0 Å². The van der Waals surface area contributed by atoms with Gasteiger partial charge in [-0.2, -0.15) is 0 Å². The van der Waals surface area contributed by atoms with Gasteiger partial charge in [-0.1, -0.05) is 12.1 Å². The summed E-state index contributed by atoms with van der Waals surface area (Å²) in [5, 5.41) is 8.64. The SMILES string of the molecule is O=C(O)c1ccc(C2CCC2(F)F)cc1. The number of halogens is 2. The number of rotatable bonds is 2. The predicted octanol–water partition coefficient (Wildman–Crippen LogP) is 2.90. The van der Waals surface area contributed by atoms with E-state index in [9.17, 15) is 13.6 Å². The first-order valence-corrected chi connectivity index (χ1v) is 4.72. The lowest BCUT2D eigenvalue weighted by atomic mass is 9.76. The highest BCUT2D eigenvalue weighted by Gasteiger charge is 2.48. The molecule has 0 heterocycles. The number of alkyl halides is 2. The molecule has 1 aromatic rings. The van der Waals surface area contributed by atoms with Crippen LogP contribution >= 0.6 is 0 Å². The van der Waals surface area contributed by atoms with Gasteiger partial charge in [0.05, 0.1) is 5.56 Å². The van der Waals surface area contributed by atoms with Crippen molar-refractivity contribution in [1.29, 1.82) is 0 Å². The highest BCUT2D eigenvalue weighted by Crippen LogP contribution is 2.49. The molecule has 1 aromatic carbocycles. The topological polar surface area (TPSA) is 37.3 Å². The Bertz CT molecular complexity index is 384. The third kappa shape index (κ3) is 1.71. The number of hydrogen-bond acceptors (Lipinski definition) is 1. The molecular weight excluding hydrogens is 202 g/mol. The molecule has 15 heavy (non-hydrogen) atoms. The summed E-state index contributed by atoms with van der Waals surface area (Å²) in [6.45, 7) is 0. The van der Waals surface area contributed by atoms with E-state index in [0.29, 0.717) is 12.0 Å². The van der Waals surface area contributed by atoms with Gasteiger partial charge in [0.15, 0.2) is 0 Å². The fourth-order valence-corrected chi connectivity index (χ4v) is 1.78. The highest BCUT2D eigenvalue weighted by molar-refractivity contribution is 5.87. The summed E-state index contributed by atoms with van der Waals surface area (Å²) in [6, 6.07) is 5.68. The molecule has 0 bridgehead atoms. The van der Waals surface area contributed by atoms with E-state index >= 15 is 0 Å². The molecule has 1 saturated carbocycles. The molecular formula is C11H10F2O2. The van der Waals surface area contributed by atoms with E-state index in [1.807, 2.05) is 0 Å². The first-order chi connectivity index (χ1) is 7.00. The summed E-state index contributed by atoms with van der Waals surface area (Å²) < 4.78 is 26.1. The Morgan fingerprint density at radius 1 is 1.33 bits per heavy atom. The van der Waals surface area contributed by atoms with Gasteiger partial charge in [0.25, 0.3) is 5.92 Å². The molecule has 1 N–H and O–H groups in total. The Kier molecular flexibility index (Phi) is 2.21. The second-order valence-electron chi connectivity index (χ2n) is 3.78. The quantitative estimate of drug-likeness (QED) is 0.818. The minimum Gasteiger partial charge on any atom is -0.478 e. The molecule has 1 atom stereocenters. The van der Waals surface area contributed by atoms with E-state index in [1.54, 1.807) is 0 Å². The molecule has 1 aliphatic rings.